The maximum atomic E-state index is 11.6. The molecule has 0 aromatic carbocycles. The third-order valence-electron chi connectivity index (χ3n) is 3.03. The molecule has 5 nitrogen and oxygen atoms in total. The van der Waals surface area contributed by atoms with E-state index in [1.54, 1.807) is 0 Å². The van der Waals surface area contributed by atoms with E-state index in [0.717, 1.165) is 0 Å². The Hall–Kier alpha value is -1.10. The Morgan fingerprint density at radius 3 is 2.12 bits per heavy atom. The molecule has 0 radical (unpaired) electrons. The molecule has 0 aromatic rings. The van der Waals surface area contributed by atoms with Gasteiger partial charge in [-0.25, -0.2) is 4.79 Å². The smallest absolute Gasteiger partial charge is 0.329 e. The van der Waals surface area contributed by atoms with Crippen LogP contribution in [-0.4, -0.2) is 46.7 Å². The predicted octanol–water partition coefficient (Wildman–Crippen LogP) is 0.877. The van der Waals surface area contributed by atoms with Gasteiger partial charge in [0.05, 0.1) is 0 Å². The normalized spacial score (nSPS) is 19.5. The van der Waals surface area contributed by atoms with Gasteiger partial charge < -0.3 is 14.7 Å². The summed E-state index contributed by atoms with van der Waals surface area (Å²) in [6.07, 6.45) is 0.722. The highest BCUT2D eigenvalue weighted by molar-refractivity contribution is 5.86. The fraction of sp³-hybridized carbons (Fsp3) is 0.818. The first-order chi connectivity index (χ1) is 7.42. The molecule has 0 saturated carbocycles. The number of carbonyl (C=O) groups excluding carboxylic acids is 1. The first-order valence-corrected chi connectivity index (χ1v) is 5.53. The van der Waals surface area contributed by atoms with Gasteiger partial charge in [-0.05, 0) is 13.8 Å². The van der Waals surface area contributed by atoms with Crippen LogP contribution in [0.3, 0.4) is 0 Å². The minimum atomic E-state index is -1.09. The molecular weight excluding hydrogens is 210 g/mol. The standard InChI is InChI=1S/C11H19NO4/c1-8(2)12(9(3)13)11(10(14)15)4-6-16-7-5-11/h8H,4-7H2,1-3H3,(H,14,15). The number of rotatable bonds is 3. The summed E-state index contributed by atoms with van der Waals surface area (Å²) in [5, 5.41) is 9.41. The van der Waals surface area contributed by atoms with E-state index >= 15 is 0 Å². The number of nitrogens with zero attached hydrogens (tertiary/aromatic N) is 1. The van der Waals surface area contributed by atoms with Crippen molar-refractivity contribution in [2.75, 3.05) is 13.2 Å². The van der Waals surface area contributed by atoms with Gasteiger partial charge in [-0.15, -0.1) is 0 Å². The van der Waals surface area contributed by atoms with Crippen molar-refractivity contribution >= 4 is 11.9 Å². The molecule has 0 aromatic heterocycles. The molecule has 0 atom stereocenters. The van der Waals surface area contributed by atoms with E-state index in [4.69, 9.17) is 4.74 Å². The number of aliphatic carboxylic acids is 1. The van der Waals surface area contributed by atoms with Crippen molar-refractivity contribution in [1.82, 2.24) is 4.90 Å². The number of amides is 1. The average molecular weight is 229 g/mol. The van der Waals surface area contributed by atoms with Crippen molar-refractivity contribution in [1.29, 1.82) is 0 Å². The predicted molar refractivity (Wildman–Crippen MR) is 58.1 cm³/mol. The van der Waals surface area contributed by atoms with Crippen LogP contribution in [0.4, 0.5) is 0 Å². The molecule has 1 aliphatic rings. The molecule has 5 heteroatoms. The third kappa shape index (κ3) is 2.19. The molecule has 16 heavy (non-hydrogen) atoms. The highest BCUT2D eigenvalue weighted by Crippen LogP contribution is 2.30. The molecular formula is C11H19NO4. The lowest BCUT2D eigenvalue weighted by atomic mass is 9.86. The van der Waals surface area contributed by atoms with Gasteiger partial charge in [0, 0.05) is 39.0 Å². The van der Waals surface area contributed by atoms with Gasteiger partial charge >= 0.3 is 5.97 Å². The van der Waals surface area contributed by atoms with Crippen molar-refractivity contribution in [3.05, 3.63) is 0 Å². The average Bonchev–Trinajstić information content (AvgIpc) is 2.17. The summed E-state index contributed by atoms with van der Waals surface area (Å²) in [5.41, 5.74) is -1.09. The van der Waals surface area contributed by atoms with Gasteiger partial charge in [-0.1, -0.05) is 0 Å². The van der Waals surface area contributed by atoms with Crippen LogP contribution in [0.1, 0.15) is 33.6 Å². The van der Waals surface area contributed by atoms with Gasteiger partial charge in [-0.2, -0.15) is 0 Å². The number of hydrogen-bond acceptors (Lipinski definition) is 3. The highest BCUT2D eigenvalue weighted by Gasteiger charge is 2.47. The second-order valence-electron chi connectivity index (χ2n) is 4.43. The maximum absolute atomic E-state index is 11.6. The van der Waals surface area contributed by atoms with E-state index < -0.39 is 11.5 Å². The molecule has 1 fully saturated rings. The van der Waals surface area contributed by atoms with Crippen molar-refractivity contribution in [3.63, 3.8) is 0 Å². The fourth-order valence-electron chi connectivity index (χ4n) is 2.43. The second kappa shape index (κ2) is 4.82. The molecule has 1 amide bonds. The molecule has 0 spiro atoms. The molecule has 1 saturated heterocycles. The van der Waals surface area contributed by atoms with Crippen molar-refractivity contribution < 1.29 is 19.4 Å². The molecule has 0 bridgehead atoms. The summed E-state index contributed by atoms with van der Waals surface area (Å²) < 4.78 is 5.18. The van der Waals surface area contributed by atoms with Gasteiger partial charge in [0.25, 0.3) is 0 Å². The molecule has 0 unspecified atom stereocenters. The number of carboxylic acid groups (broad SMARTS) is 1. The lowest BCUT2D eigenvalue weighted by molar-refractivity contribution is -0.168. The van der Waals surface area contributed by atoms with Crippen LogP contribution in [-0.2, 0) is 14.3 Å². The van der Waals surface area contributed by atoms with E-state index in [1.165, 1.54) is 11.8 Å². The maximum Gasteiger partial charge on any atom is 0.329 e. The van der Waals surface area contributed by atoms with Crippen molar-refractivity contribution in [2.24, 2.45) is 0 Å². The SMILES string of the molecule is CC(=O)N(C(C)C)C1(C(=O)O)CCOCC1. The molecule has 1 N–H and O–H groups in total. The van der Waals surface area contributed by atoms with E-state index in [0.29, 0.717) is 26.1 Å². The Balaban J connectivity index is 3.07. The summed E-state index contributed by atoms with van der Waals surface area (Å²) in [5.74, 6) is -1.13. The van der Waals surface area contributed by atoms with Gasteiger partial charge in [0.15, 0.2) is 0 Å². The van der Waals surface area contributed by atoms with Crippen LogP contribution in [0.2, 0.25) is 0 Å². The zero-order chi connectivity index (χ0) is 12.3. The lowest BCUT2D eigenvalue weighted by Gasteiger charge is -2.44. The molecule has 92 valence electrons. The van der Waals surface area contributed by atoms with Crippen molar-refractivity contribution in [2.45, 2.75) is 45.2 Å². The summed E-state index contributed by atoms with van der Waals surface area (Å²) >= 11 is 0. The Morgan fingerprint density at radius 1 is 1.31 bits per heavy atom. The molecule has 1 rings (SSSR count). The van der Waals surface area contributed by atoms with Crippen molar-refractivity contribution in [3.8, 4) is 0 Å². The van der Waals surface area contributed by atoms with E-state index in [-0.39, 0.29) is 11.9 Å². The third-order valence-corrected chi connectivity index (χ3v) is 3.03. The summed E-state index contributed by atoms with van der Waals surface area (Å²) in [4.78, 5) is 24.6. The number of carboxylic acids is 1. The van der Waals surface area contributed by atoms with Crippen LogP contribution in [0, 0.1) is 0 Å². The highest BCUT2D eigenvalue weighted by atomic mass is 16.5. The molecule has 1 heterocycles. The fourth-order valence-corrected chi connectivity index (χ4v) is 2.43. The number of carbonyl (C=O) groups is 2. The van der Waals surface area contributed by atoms with Gasteiger partial charge in [-0.3, -0.25) is 4.79 Å². The Labute approximate surface area is 95.4 Å². The van der Waals surface area contributed by atoms with Gasteiger partial charge in [0.1, 0.15) is 5.54 Å². The van der Waals surface area contributed by atoms with E-state index in [1.807, 2.05) is 13.8 Å². The topological polar surface area (TPSA) is 66.8 Å². The van der Waals surface area contributed by atoms with E-state index in [9.17, 15) is 14.7 Å². The Morgan fingerprint density at radius 2 is 1.81 bits per heavy atom. The largest absolute Gasteiger partial charge is 0.479 e. The van der Waals surface area contributed by atoms with Crippen LogP contribution >= 0.6 is 0 Å². The Bertz CT molecular complexity index is 282. The summed E-state index contributed by atoms with van der Waals surface area (Å²) in [6, 6.07) is -0.119. The summed E-state index contributed by atoms with van der Waals surface area (Å²) in [7, 11) is 0. The van der Waals surface area contributed by atoms with Crippen LogP contribution < -0.4 is 0 Å². The van der Waals surface area contributed by atoms with Crippen LogP contribution in [0.25, 0.3) is 0 Å². The number of hydrogen-bond donors (Lipinski definition) is 1. The zero-order valence-electron chi connectivity index (χ0n) is 10.0. The monoisotopic (exact) mass is 229 g/mol. The molecule has 0 aliphatic carbocycles. The Kier molecular flexibility index (Phi) is 3.91. The second-order valence-corrected chi connectivity index (χ2v) is 4.43. The number of ether oxygens (including phenoxy) is 1. The lowest BCUT2D eigenvalue weighted by Crippen LogP contribution is -2.61. The molecule has 1 aliphatic heterocycles. The minimum Gasteiger partial charge on any atom is -0.479 e. The van der Waals surface area contributed by atoms with Crippen LogP contribution in [0.5, 0.6) is 0 Å². The first-order valence-electron chi connectivity index (χ1n) is 5.53. The minimum absolute atomic E-state index is 0.119. The van der Waals surface area contributed by atoms with Crippen LogP contribution in [0.15, 0.2) is 0 Å². The summed E-state index contributed by atoms with van der Waals surface area (Å²) in [6.45, 7) is 5.87. The first kappa shape index (κ1) is 13.0. The van der Waals surface area contributed by atoms with Gasteiger partial charge in [0.2, 0.25) is 5.91 Å². The van der Waals surface area contributed by atoms with E-state index in [2.05, 4.69) is 0 Å². The quantitative estimate of drug-likeness (QED) is 0.780. The zero-order valence-corrected chi connectivity index (χ0v) is 10.0.